The van der Waals surface area contributed by atoms with E-state index in [1.54, 1.807) is 0 Å². The Labute approximate surface area is 857 Å². The normalized spacial score (nSPS) is 11.7. The van der Waals surface area contributed by atoms with Crippen molar-refractivity contribution in [2.75, 3.05) is 0 Å². The molecule has 150 heavy (non-hydrogen) atoms. The second kappa shape index (κ2) is 35.8. The van der Waals surface area contributed by atoms with Gasteiger partial charge in [0.15, 0.2) is 69.2 Å². The van der Waals surface area contributed by atoms with E-state index in [-0.39, 0.29) is 0 Å². The zero-order chi connectivity index (χ0) is 98.8. The van der Waals surface area contributed by atoms with Gasteiger partial charge in [-0.15, -0.1) is 0 Å². The van der Waals surface area contributed by atoms with Crippen LogP contribution in [0.5, 0.6) is 0 Å². The van der Waals surface area contributed by atoms with Crippen molar-refractivity contribution in [3.8, 4) is 147 Å². The highest BCUT2D eigenvalue weighted by molar-refractivity contribution is 6.12. The van der Waals surface area contributed by atoms with E-state index in [0.29, 0.717) is 52.4 Å². The van der Waals surface area contributed by atoms with E-state index in [9.17, 15) is 0 Å². The summed E-state index contributed by atoms with van der Waals surface area (Å²) in [7, 11) is 0. The molecule has 31 aromatic rings. The maximum Gasteiger partial charge on any atom is 0.213 e. The number of aromatic nitrogens is 12. The number of hydrogen-bond donors (Lipinski definition) is 0. The Morgan fingerprint density at radius 1 is 0.133 bits per heavy atom. The number of oxazole rings is 3. The molecule has 0 atom stereocenters. The first kappa shape index (κ1) is 86.2. The van der Waals surface area contributed by atoms with Gasteiger partial charge in [-0.1, -0.05) is 413 Å². The SMILES string of the molecule is c1cc(-c2cccc(-c3c4ccccc4n4c3oc3ccccc34)c2)cc(-c2nc(-c3ccc4ccccc4c3)nc(-c3ccc4ccccc4c3)n2)c1.c1cc(-c2nc(-c3cccc4ccccc34)nc(-c3cccc4ccccc34)n2)cc(-c2c3ccccc3n3c2oc2ccccc23)c1.c1ccc2c(-c3nc(-c4ccc(-c5c6ccccc6n6c5oc5ccccc56)cc4)nc(-c4cccc5ccccc45)n3)cccc2c1. The monoisotopic (exact) mass is 1920 g/mol. The minimum Gasteiger partial charge on any atom is -0.438 e. The van der Waals surface area contributed by atoms with Crippen LogP contribution in [0.15, 0.2) is 511 Å². The predicted molar refractivity (Wildman–Crippen MR) is 610 cm³/mol. The van der Waals surface area contributed by atoms with Crippen molar-refractivity contribution in [3.63, 3.8) is 0 Å². The summed E-state index contributed by atoms with van der Waals surface area (Å²) in [5.41, 5.74) is 28.6. The minimum absolute atomic E-state index is 0.613. The number of nitrogens with zero attached hydrogens (tertiary/aromatic N) is 12. The van der Waals surface area contributed by atoms with Crippen molar-refractivity contribution in [1.82, 2.24) is 58.1 Å². The fourth-order valence-corrected chi connectivity index (χ4v) is 21.9. The fraction of sp³-hybridized carbons (Fsp3) is 0. The summed E-state index contributed by atoms with van der Waals surface area (Å²) in [5.74, 6) is 5.70. The molecule has 15 heteroatoms. The second-order valence-electron chi connectivity index (χ2n) is 37.8. The molecule has 0 aliphatic rings. The van der Waals surface area contributed by atoms with Gasteiger partial charge in [0.1, 0.15) is 0 Å². The Morgan fingerprint density at radius 3 is 0.707 bits per heavy atom. The van der Waals surface area contributed by atoms with E-state index in [2.05, 4.69) is 462 Å². The quantitative estimate of drug-likeness (QED) is 0.107. The topological polar surface area (TPSA) is 169 Å². The highest BCUT2D eigenvalue weighted by Crippen LogP contribution is 2.47. The average Bonchev–Trinajstić information content (AvgIpc) is 1.57. The van der Waals surface area contributed by atoms with Gasteiger partial charge in [0.05, 0.1) is 49.8 Å². The van der Waals surface area contributed by atoms with Gasteiger partial charge in [-0.05, 0) is 177 Å². The molecule has 0 unspecified atom stereocenters. The highest BCUT2D eigenvalue weighted by Gasteiger charge is 2.28. The van der Waals surface area contributed by atoms with E-state index in [1.807, 2.05) is 48.5 Å². The smallest absolute Gasteiger partial charge is 0.213 e. The first-order valence-electron chi connectivity index (χ1n) is 50.2. The Hall–Kier alpha value is -20.6. The molecule has 0 radical (unpaired) electrons. The maximum atomic E-state index is 6.53. The van der Waals surface area contributed by atoms with Crippen molar-refractivity contribution >= 4 is 148 Å². The van der Waals surface area contributed by atoms with E-state index < -0.39 is 0 Å². The third-order valence-corrected chi connectivity index (χ3v) is 28.9. The molecule has 0 N–H and O–H groups in total. The van der Waals surface area contributed by atoms with Gasteiger partial charge in [0.2, 0.25) is 17.1 Å². The van der Waals surface area contributed by atoms with Crippen LogP contribution in [0.25, 0.3) is 295 Å². The number of hydrogen-bond acceptors (Lipinski definition) is 12. The van der Waals surface area contributed by atoms with Gasteiger partial charge in [0.25, 0.3) is 0 Å². The molecule has 22 aromatic carbocycles. The van der Waals surface area contributed by atoms with Crippen LogP contribution in [0.1, 0.15) is 0 Å². The lowest BCUT2D eigenvalue weighted by Crippen LogP contribution is -2.01. The van der Waals surface area contributed by atoms with Gasteiger partial charge in [0, 0.05) is 66.2 Å². The van der Waals surface area contributed by atoms with Crippen LogP contribution in [-0.4, -0.2) is 58.1 Å². The largest absolute Gasteiger partial charge is 0.438 e. The molecule has 31 rings (SSSR count). The molecular weight excluding hydrogens is 1840 g/mol. The Balaban J connectivity index is 0.000000106. The third kappa shape index (κ3) is 14.9. The first-order chi connectivity index (χ1) is 74.3. The summed E-state index contributed by atoms with van der Waals surface area (Å²) in [6, 6.07) is 172. The number of fused-ring (bicyclic) bond motifs is 21. The maximum absolute atomic E-state index is 6.53. The lowest BCUT2D eigenvalue weighted by atomic mass is 9.97. The molecule has 0 aliphatic carbocycles. The van der Waals surface area contributed by atoms with Gasteiger partial charge in [-0.3, -0.25) is 13.2 Å². The summed E-state index contributed by atoms with van der Waals surface area (Å²) in [5, 5.41) is 17.0. The van der Waals surface area contributed by atoms with Gasteiger partial charge in [-0.25, -0.2) is 44.9 Å². The third-order valence-electron chi connectivity index (χ3n) is 28.9. The van der Waals surface area contributed by atoms with Gasteiger partial charge in [-0.2, -0.15) is 0 Å². The molecule has 0 fully saturated rings. The van der Waals surface area contributed by atoms with Crippen LogP contribution in [0, 0.1) is 0 Å². The van der Waals surface area contributed by atoms with Crippen molar-refractivity contribution in [2.24, 2.45) is 0 Å². The zero-order valence-electron chi connectivity index (χ0n) is 80.4. The highest BCUT2D eigenvalue weighted by atomic mass is 16.4. The molecule has 9 aromatic heterocycles. The lowest BCUT2D eigenvalue weighted by Gasteiger charge is -2.12. The molecule has 700 valence electrons. The first-order valence-corrected chi connectivity index (χ1v) is 50.2. The molecule has 0 spiro atoms. The Kier molecular flexibility index (Phi) is 20.6. The zero-order valence-corrected chi connectivity index (χ0v) is 80.4. The summed E-state index contributed by atoms with van der Waals surface area (Å²) in [6.07, 6.45) is 0. The van der Waals surface area contributed by atoms with E-state index in [0.717, 1.165) is 232 Å². The lowest BCUT2D eigenvalue weighted by molar-refractivity contribution is 0.658. The van der Waals surface area contributed by atoms with Crippen LogP contribution in [0.4, 0.5) is 0 Å². The van der Waals surface area contributed by atoms with E-state index >= 15 is 0 Å². The molecule has 0 bridgehead atoms. The Morgan fingerprint density at radius 2 is 0.353 bits per heavy atom. The molecule has 15 nitrogen and oxygen atoms in total. The van der Waals surface area contributed by atoms with Crippen LogP contribution in [-0.2, 0) is 0 Å². The van der Waals surface area contributed by atoms with Crippen LogP contribution in [0.3, 0.4) is 0 Å². The molecule has 0 saturated carbocycles. The summed E-state index contributed by atoms with van der Waals surface area (Å²) in [6.45, 7) is 0. The summed E-state index contributed by atoms with van der Waals surface area (Å²) < 4.78 is 26.2. The van der Waals surface area contributed by atoms with Crippen LogP contribution < -0.4 is 0 Å². The fourth-order valence-electron chi connectivity index (χ4n) is 21.9. The minimum atomic E-state index is 0.613. The van der Waals surface area contributed by atoms with E-state index in [4.69, 9.17) is 58.1 Å². The summed E-state index contributed by atoms with van der Waals surface area (Å²) >= 11 is 0. The molecular formula is C135H82N12O3. The van der Waals surface area contributed by atoms with Crippen molar-refractivity contribution in [3.05, 3.63) is 497 Å². The van der Waals surface area contributed by atoms with Gasteiger partial charge < -0.3 is 13.3 Å². The van der Waals surface area contributed by atoms with Crippen molar-refractivity contribution in [2.45, 2.75) is 0 Å². The number of para-hydroxylation sites is 9. The van der Waals surface area contributed by atoms with Crippen molar-refractivity contribution in [1.29, 1.82) is 0 Å². The van der Waals surface area contributed by atoms with E-state index in [1.165, 1.54) is 10.8 Å². The van der Waals surface area contributed by atoms with Crippen LogP contribution >= 0.6 is 0 Å². The second-order valence-corrected chi connectivity index (χ2v) is 37.8. The average molecular weight is 1920 g/mol. The van der Waals surface area contributed by atoms with Crippen LogP contribution in [0.2, 0.25) is 0 Å². The number of benzene rings is 22. The standard InChI is InChI=1S/C49H30N4O.2C43H26N4O/c1-3-13-33-28-39(25-23-31(33)11-1)47-50-46(51-48(52-47)40-26-24-32-12-2-4-14-34(32)29-40)38-18-10-16-36(30-38)35-15-9-17-37(27-35)45-41-19-5-6-20-42(41)53-43-21-7-8-22-44(43)54-49(45)53;1-3-18-31-27(12-1)14-10-21-33(31)41-44-40(45-42(46-41)34-22-11-15-28-13-2-4-19-32(28)34)30-17-9-16-29(26-30)39-35-20-5-6-23-36(35)47-37-24-7-8-25-38(37)48-43(39)47;1-3-15-31-27(11-1)13-9-18-33(31)41-44-40(45-42(46-41)34-19-10-14-28-12-2-4-16-32(28)34)30-25-23-29(24-26-30)39-35-17-5-6-20-36(35)47-37-21-7-8-22-38(37)48-43(39)47/h1-30H;2*1-26H. The Bertz CT molecular complexity index is 10600. The van der Waals surface area contributed by atoms with Gasteiger partial charge >= 0.3 is 0 Å². The molecule has 0 saturated heterocycles. The number of rotatable bonds is 13. The summed E-state index contributed by atoms with van der Waals surface area (Å²) in [4.78, 5) is 46.1. The van der Waals surface area contributed by atoms with Crippen molar-refractivity contribution < 1.29 is 13.3 Å². The molecule has 0 aliphatic heterocycles. The molecule has 9 heterocycles. The predicted octanol–water partition coefficient (Wildman–Crippen LogP) is 34.7. The molecule has 0 amide bonds.